The molecule has 0 radical (unpaired) electrons. The number of nitrogens with zero attached hydrogens (tertiary/aromatic N) is 2. The fourth-order valence-electron chi connectivity index (χ4n) is 2.46. The van der Waals surface area contributed by atoms with Gasteiger partial charge in [0, 0.05) is 17.4 Å². The molecule has 6 nitrogen and oxygen atoms in total. The minimum Gasteiger partial charge on any atom is -0.368 e. The van der Waals surface area contributed by atoms with Gasteiger partial charge in [0.2, 0.25) is 11.9 Å². The molecule has 2 aromatic carbocycles. The zero-order valence-electron chi connectivity index (χ0n) is 13.9. The Morgan fingerprint density at radius 3 is 2.42 bits per heavy atom. The highest BCUT2D eigenvalue weighted by Gasteiger charge is 2.14. The van der Waals surface area contributed by atoms with Crippen molar-refractivity contribution in [3.63, 3.8) is 0 Å². The number of nitrogens with two attached hydrogens (primary N) is 2. The smallest absolute Gasteiger partial charge is 0.241 e. The molecule has 0 aliphatic rings. The molecule has 0 unspecified atom stereocenters. The van der Waals surface area contributed by atoms with E-state index in [1.54, 1.807) is 36.5 Å². The van der Waals surface area contributed by atoms with Gasteiger partial charge < -0.3 is 16.8 Å². The lowest BCUT2D eigenvalue weighted by Crippen LogP contribution is -2.37. The summed E-state index contributed by atoms with van der Waals surface area (Å²) in [4.78, 5) is 20.2. The Bertz CT molecular complexity index is 897. The third-order valence-electron chi connectivity index (χ3n) is 3.83. The van der Waals surface area contributed by atoms with Gasteiger partial charge in [0.15, 0.2) is 0 Å². The SMILES string of the molecule is Nc1nccc(-c2ccc(NC(=O)[C@H](N)Cc3ccc(F)cc3)cc2)n1. The van der Waals surface area contributed by atoms with E-state index in [1.165, 1.54) is 12.1 Å². The van der Waals surface area contributed by atoms with Crippen LogP contribution in [0.3, 0.4) is 0 Å². The molecule has 1 atom stereocenters. The highest BCUT2D eigenvalue weighted by atomic mass is 19.1. The summed E-state index contributed by atoms with van der Waals surface area (Å²) in [6.45, 7) is 0. The molecule has 0 bridgehead atoms. The van der Waals surface area contributed by atoms with Crippen LogP contribution in [0.4, 0.5) is 16.0 Å². The van der Waals surface area contributed by atoms with E-state index in [4.69, 9.17) is 11.5 Å². The summed E-state index contributed by atoms with van der Waals surface area (Å²) in [5.41, 5.74) is 14.5. The van der Waals surface area contributed by atoms with E-state index in [9.17, 15) is 9.18 Å². The molecular formula is C19H18FN5O. The third-order valence-corrected chi connectivity index (χ3v) is 3.83. The minimum atomic E-state index is -0.734. The van der Waals surface area contributed by atoms with Crippen LogP contribution in [0.2, 0.25) is 0 Å². The average molecular weight is 351 g/mol. The number of nitrogen functional groups attached to an aromatic ring is 1. The van der Waals surface area contributed by atoms with Gasteiger partial charge in [0.05, 0.1) is 11.7 Å². The molecule has 0 saturated carbocycles. The molecule has 132 valence electrons. The van der Waals surface area contributed by atoms with Crippen molar-refractivity contribution in [1.29, 1.82) is 0 Å². The molecule has 26 heavy (non-hydrogen) atoms. The van der Waals surface area contributed by atoms with Gasteiger partial charge >= 0.3 is 0 Å². The first-order valence-electron chi connectivity index (χ1n) is 8.01. The first-order valence-corrected chi connectivity index (χ1v) is 8.01. The van der Waals surface area contributed by atoms with Gasteiger partial charge in [-0.2, -0.15) is 0 Å². The second-order valence-electron chi connectivity index (χ2n) is 5.80. The lowest BCUT2D eigenvalue weighted by atomic mass is 10.1. The number of carbonyl (C=O) groups excluding carboxylic acids is 1. The van der Waals surface area contributed by atoms with Crippen molar-refractivity contribution in [1.82, 2.24) is 9.97 Å². The number of hydrogen-bond acceptors (Lipinski definition) is 5. The van der Waals surface area contributed by atoms with Crippen molar-refractivity contribution < 1.29 is 9.18 Å². The molecule has 0 saturated heterocycles. The Morgan fingerprint density at radius 2 is 1.77 bits per heavy atom. The predicted molar refractivity (Wildman–Crippen MR) is 98.6 cm³/mol. The molecule has 1 amide bonds. The number of amides is 1. The van der Waals surface area contributed by atoms with Crippen LogP contribution < -0.4 is 16.8 Å². The number of benzene rings is 2. The monoisotopic (exact) mass is 351 g/mol. The van der Waals surface area contributed by atoms with E-state index in [1.807, 2.05) is 12.1 Å². The highest BCUT2D eigenvalue weighted by Crippen LogP contribution is 2.20. The number of nitrogens with one attached hydrogen (secondary N) is 1. The largest absolute Gasteiger partial charge is 0.368 e. The Kier molecular flexibility index (Phi) is 5.19. The molecule has 1 aromatic heterocycles. The first-order chi connectivity index (χ1) is 12.5. The lowest BCUT2D eigenvalue weighted by Gasteiger charge is -2.13. The van der Waals surface area contributed by atoms with Crippen molar-refractivity contribution >= 4 is 17.5 Å². The fourth-order valence-corrected chi connectivity index (χ4v) is 2.46. The molecule has 0 aliphatic heterocycles. The Morgan fingerprint density at radius 1 is 1.08 bits per heavy atom. The summed E-state index contributed by atoms with van der Waals surface area (Å²) in [5, 5.41) is 2.77. The summed E-state index contributed by atoms with van der Waals surface area (Å²) in [5.74, 6) is -0.433. The predicted octanol–water partition coefficient (Wildman–Crippen LogP) is 2.37. The molecule has 1 heterocycles. The maximum absolute atomic E-state index is 12.9. The second kappa shape index (κ2) is 7.71. The molecule has 3 aromatic rings. The van der Waals surface area contributed by atoms with Crippen LogP contribution >= 0.6 is 0 Å². The summed E-state index contributed by atoms with van der Waals surface area (Å²) in [6.07, 6.45) is 1.91. The normalized spacial score (nSPS) is 11.8. The summed E-state index contributed by atoms with van der Waals surface area (Å²) in [7, 11) is 0. The summed E-state index contributed by atoms with van der Waals surface area (Å²) >= 11 is 0. The number of halogens is 1. The number of carbonyl (C=O) groups is 1. The quantitative estimate of drug-likeness (QED) is 0.654. The second-order valence-corrected chi connectivity index (χ2v) is 5.80. The van der Waals surface area contributed by atoms with Gasteiger partial charge in [-0.15, -0.1) is 0 Å². The van der Waals surface area contributed by atoms with Crippen LogP contribution in [0, 0.1) is 5.82 Å². The molecule has 0 fully saturated rings. The van der Waals surface area contributed by atoms with E-state index >= 15 is 0 Å². The van der Waals surface area contributed by atoms with Gasteiger partial charge in [0.25, 0.3) is 0 Å². The number of aromatic nitrogens is 2. The van der Waals surface area contributed by atoms with Gasteiger partial charge in [-0.3, -0.25) is 4.79 Å². The summed E-state index contributed by atoms with van der Waals surface area (Å²) < 4.78 is 12.9. The fraction of sp³-hybridized carbons (Fsp3) is 0.105. The Hall–Kier alpha value is -3.32. The summed E-state index contributed by atoms with van der Waals surface area (Å²) in [6, 6.07) is 14.1. The first kappa shape index (κ1) is 17.5. The lowest BCUT2D eigenvalue weighted by molar-refractivity contribution is -0.117. The van der Waals surface area contributed by atoms with Crippen molar-refractivity contribution in [2.24, 2.45) is 5.73 Å². The van der Waals surface area contributed by atoms with Crippen LogP contribution in [0.25, 0.3) is 11.3 Å². The van der Waals surface area contributed by atoms with Crippen molar-refractivity contribution in [2.45, 2.75) is 12.5 Å². The topological polar surface area (TPSA) is 107 Å². The van der Waals surface area contributed by atoms with Gasteiger partial charge in [0.1, 0.15) is 5.82 Å². The molecule has 3 rings (SSSR count). The standard InChI is InChI=1S/C19H18FN5O/c20-14-5-1-12(2-6-14)11-16(21)18(26)24-15-7-3-13(4-8-15)17-9-10-23-19(22)25-17/h1-10,16H,11,21H2,(H,24,26)(H2,22,23,25)/t16-/m1/s1. The number of anilines is 2. The van der Waals surface area contributed by atoms with Gasteiger partial charge in [-0.1, -0.05) is 24.3 Å². The highest BCUT2D eigenvalue weighted by molar-refractivity contribution is 5.95. The van der Waals surface area contributed by atoms with Crippen LogP contribution in [0.1, 0.15) is 5.56 Å². The average Bonchev–Trinajstić information content (AvgIpc) is 2.64. The van der Waals surface area contributed by atoms with Crippen LogP contribution in [0.5, 0.6) is 0 Å². The maximum Gasteiger partial charge on any atom is 0.241 e. The van der Waals surface area contributed by atoms with Gasteiger partial charge in [-0.25, -0.2) is 14.4 Å². The van der Waals surface area contributed by atoms with E-state index < -0.39 is 6.04 Å². The molecule has 0 spiro atoms. The molecular weight excluding hydrogens is 333 g/mol. The third kappa shape index (κ3) is 4.40. The number of hydrogen-bond donors (Lipinski definition) is 3. The zero-order chi connectivity index (χ0) is 18.5. The molecule has 0 aliphatic carbocycles. The van der Waals surface area contributed by atoms with E-state index in [2.05, 4.69) is 15.3 Å². The van der Waals surface area contributed by atoms with Crippen LogP contribution in [0.15, 0.2) is 60.8 Å². The van der Waals surface area contributed by atoms with Crippen molar-refractivity contribution in [3.8, 4) is 11.3 Å². The van der Waals surface area contributed by atoms with E-state index in [-0.39, 0.29) is 17.7 Å². The van der Waals surface area contributed by atoms with Crippen LogP contribution in [-0.2, 0) is 11.2 Å². The van der Waals surface area contributed by atoms with Crippen molar-refractivity contribution in [2.75, 3.05) is 11.1 Å². The number of rotatable bonds is 5. The van der Waals surface area contributed by atoms with Gasteiger partial charge in [-0.05, 0) is 42.3 Å². The van der Waals surface area contributed by atoms with E-state index in [0.29, 0.717) is 17.8 Å². The zero-order valence-corrected chi connectivity index (χ0v) is 13.9. The molecule has 7 heteroatoms. The van der Waals surface area contributed by atoms with Crippen molar-refractivity contribution in [3.05, 3.63) is 72.2 Å². The minimum absolute atomic E-state index is 0.201. The van der Waals surface area contributed by atoms with Crippen LogP contribution in [-0.4, -0.2) is 21.9 Å². The maximum atomic E-state index is 12.9. The Balaban J connectivity index is 1.62. The molecule has 5 N–H and O–H groups in total. The van der Waals surface area contributed by atoms with E-state index in [0.717, 1.165) is 11.1 Å². The Labute approximate surface area is 150 Å².